The van der Waals surface area contributed by atoms with Gasteiger partial charge < -0.3 is 4.90 Å². The van der Waals surface area contributed by atoms with E-state index in [-0.39, 0.29) is 11.5 Å². The molecule has 0 N–H and O–H groups in total. The van der Waals surface area contributed by atoms with E-state index in [0.29, 0.717) is 18.8 Å². The van der Waals surface area contributed by atoms with Crippen molar-refractivity contribution in [3.8, 4) is 11.3 Å². The van der Waals surface area contributed by atoms with Crippen LogP contribution in [0.25, 0.3) is 11.3 Å². The summed E-state index contributed by atoms with van der Waals surface area (Å²) in [5.41, 5.74) is 2.92. The third kappa shape index (κ3) is 3.66. The van der Waals surface area contributed by atoms with Crippen LogP contribution in [0.4, 0.5) is 0 Å². The predicted octanol–water partition coefficient (Wildman–Crippen LogP) is 2.02. The van der Waals surface area contributed by atoms with Gasteiger partial charge in [0.1, 0.15) is 6.04 Å². The molecular weight excluding hydrogens is 330 g/mol. The van der Waals surface area contributed by atoms with Gasteiger partial charge in [0.05, 0.1) is 11.4 Å². The van der Waals surface area contributed by atoms with Gasteiger partial charge in [-0.25, -0.2) is 4.68 Å². The Hall–Kier alpha value is -2.96. The Morgan fingerprint density at radius 2 is 1.85 bits per heavy atom. The molecular formula is C19H25N5O2. The molecule has 0 aliphatic carbocycles. The molecule has 2 heterocycles. The molecule has 26 heavy (non-hydrogen) atoms. The van der Waals surface area contributed by atoms with Gasteiger partial charge >= 0.3 is 0 Å². The van der Waals surface area contributed by atoms with Crippen molar-refractivity contribution in [1.29, 1.82) is 0 Å². The van der Waals surface area contributed by atoms with Gasteiger partial charge in [0.15, 0.2) is 0 Å². The fraction of sp³-hybridized carbons (Fsp3) is 0.368. The molecule has 138 valence electrons. The van der Waals surface area contributed by atoms with Gasteiger partial charge in [-0.2, -0.15) is 10.2 Å². The zero-order chi connectivity index (χ0) is 19.4. The van der Waals surface area contributed by atoms with Gasteiger partial charge in [0, 0.05) is 37.5 Å². The third-order valence-electron chi connectivity index (χ3n) is 4.33. The summed E-state index contributed by atoms with van der Waals surface area (Å²) < 4.78 is 3.00. The second kappa shape index (κ2) is 7.95. The van der Waals surface area contributed by atoms with Crippen molar-refractivity contribution in [2.75, 3.05) is 13.1 Å². The van der Waals surface area contributed by atoms with Crippen LogP contribution in [0.3, 0.4) is 0 Å². The average Bonchev–Trinajstić information content (AvgIpc) is 2.86. The van der Waals surface area contributed by atoms with Gasteiger partial charge in [-0.3, -0.25) is 14.3 Å². The largest absolute Gasteiger partial charge is 0.333 e. The molecule has 0 radical (unpaired) electrons. The van der Waals surface area contributed by atoms with Crippen LogP contribution >= 0.6 is 0 Å². The second-order valence-electron chi connectivity index (χ2n) is 6.17. The van der Waals surface area contributed by atoms with Crippen LogP contribution in [-0.4, -0.2) is 43.5 Å². The lowest BCUT2D eigenvalue weighted by Crippen LogP contribution is -2.40. The highest BCUT2D eigenvalue weighted by atomic mass is 16.2. The molecule has 7 nitrogen and oxygen atoms in total. The number of rotatable bonds is 7. The summed E-state index contributed by atoms with van der Waals surface area (Å²) >= 11 is 0. The van der Waals surface area contributed by atoms with Crippen LogP contribution in [0.5, 0.6) is 0 Å². The van der Waals surface area contributed by atoms with Crippen LogP contribution < -0.4 is 5.56 Å². The van der Waals surface area contributed by atoms with Crippen LogP contribution in [0.2, 0.25) is 0 Å². The number of carbonyl (C=O) groups is 1. The van der Waals surface area contributed by atoms with Crippen LogP contribution in [0, 0.1) is 13.8 Å². The molecule has 1 atom stereocenters. The number of hydrogen-bond acceptors (Lipinski definition) is 4. The summed E-state index contributed by atoms with van der Waals surface area (Å²) in [6.45, 7) is 13.6. The predicted molar refractivity (Wildman–Crippen MR) is 102 cm³/mol. The highest BCUT2D eigenvalue weighted by Gasteiger charge is 2.23. The second-order valence-corrected chi connectivity index (χ2v) is 6.17. The Morgan fingerprint density at radius 1 is 1.23 bits per heavy atom. The molecule has 0 unspecified atom stereocenters. The SMILES string of the molecule is C=CCN(CC=C)C(=O)[C@H](C)n1nc(-c2c(C)nn(C)c2C)ccc1=O. The van der Waals surface area contributed by atoms with Crippen LogP contribution in [-0.2, 0) is 11.8 Å². The molecule has 0 saturated heterocycles. The molecule has 0 bridgehead atoms. The number of carbonyl (C=O) groups excluding carboxylic acids is 1. The van der Waals surface area contributed by atoms with E-state index in [1.54, 1.807) is 34.7 Å². The summed E-state index contributed by atoms with van der Waals surface area (Å²) in [5, 5.41) is 8.84. The first kappa shape index (κ1) is 19.4. The van der Waals surface area contributed by atoms with E-state index in [0.717, 1.165) is 17.0 Å². The maximum atomic E-state index is 12.8. The highest BCUT2D eigenvalue weighted by Crippen LogP contribution is 2.24. The molecule has 0 spiro atoms. The van der Waals surface area contributed by atoms with Crippen molar-refractivity contribution in [3.63, 3.8) is 0 Å². The van der Waals surface area contributed by atoms with Gasteiger partial charge in [-0.1, -0.05) is 12.2 Å². The van der Waals surface area contributed by atoms with Gasteiger partial charge in [0.25, 0.3) is 5.56 Å². The Balaban J connectivity index is 2.46. The van der Waals surface area contributed by atoms with Crippen molar-refractivity contribution in [3.05, 3.63) is 59.2 Å². The normalized spacial score (nSPS) is 11.8. The lowest BCUT2D eigenvalue weighted by atomic mass is 10.1. The monoisotopic (exact) mass is 355 g/mol. The van der Waals surface area contributed by atoms with E-state index < -0.39 is 6.04 Å². The molecule has 2 aromatic heterocycles. The van der Waals surface area contributed by atoms with Crippen LogP contribution in [0.15, 0.2) is 42.2 Å². The summed E-state index contributed by atoms with van der Waals surface area (Å²) in [5.74, 6) is -0.212. The van der Waals surface area contributed by atoms with E-state index >= 15 is 0 Å². The van der Waals surface area contributed by atoms with Gasteiger partial charge in [-0.05, 0) is 26.8 Å². The lowest BCUT2D eigenvalue weighted by molar-refractivity contribution is -0.133. The zero-order valence-electron chi connectivity index (χ0n) is 15.8. The van der Waals surface area contributed by atoms with Crippen molar-refractivity contribution < 1.29 is 4.79 Å². The summed E-state index contributed by atoms with van der Waals surface area (Å²) in [7, 11) is 1.86. The smallest absolute Gasteiger partial charge is 0.267 e. The van der Waals surface area contributed by atoms with Crippen molar-refractivity contribution >= 4 is 5.91 Å². The molecule has 2 aromatic rings. The van der Waals surface area contributed by atoms with E-state index in [9.17, 15) is 9.59 Å². The quantitative estimate of drug-likeness (QED) is 0.712. The molecule has 1 amide bonds. The summed E-state index contributed by atoms with van der Waals surface area (Å²) in [6.07, 6.45) is 3.28. The van der Waals surface area contributed by atoms with Crippen molar-refractivity contribution in [1.82, 2.24) is 24.5 Å². The molecule has 0 aliphatic rings. The topological polar surface area (TPSA) is 73.0 Å². The minimum Gasteiger partial charge on any atom is -0.333 e. The van der Waals surface area contributed by atoms with Gasteiger partial charge in [0.2, 0.25) is 5.91 Å². The maximum absolute atomic E-state index is 12.8. The molecule has 7 heteroatoms. The maximum Gasteiger partial charge on any atom is 0.267 e. The summed E-state index contributed by atoms with van der Waals surface area (Å²) in [6, 6.07) is 2.36. The number of hydrogen-bond donors (Lipinski definition) is 0. The van der Waals surface area contributed by atoms with E-state index in [2.05, 4.69) is 23.4 Å². The zero-order valence-corrected chi connectivity index (χ0v) is 15.8. The standard InChI is InChI=1S/C19H25N5O2/c1-7-11-23(12-8-2)19(26)15(5)24-17(25)10-9-16(21-24)18-13(3)20-22(6)14(18)4/h7-10,15H,1-2,11-12H2,3-6H3/t15-/m0/s1. The first-order valence-corrected chi connectivity index (χ1v) is 8.42. The Morgan fingerprint density at radius 3 is 2.35 bits per heavy atom. The molecule has 0 aliphatic heterocycles. The van der Waals surface area contributed by atoms with E-state index in [1.807, 2.05) is 20.9 Å². The average molecular weight is 355 g/mol. The number of nitrogens with zero attached hydrogens (tertiary/aromatic N) is 5. The molecule has 0 aromatic carbocycles. The minimum atomic E-state index is -0.736. The fourth-order valence-corrected chi connectivity index (χ4v) is 2.92. The van der Waals surface area contributed by atoms with E-state index in [1.165, 1.54) is 10.7 Å². The molecule has 0 fully saturated rings. The summed E-state index contributed by atoms with van der Waals surface area (Å²) in [4.78, 5) is 26.7. The number of amides is 1. The Kier molecular flexibility index (Phi) is 5.92. The lowest BCUT2D eigenvalue weighted by Gasteiger charge is -2.24. The molecule has 2 rings (SSSR count). The fourth-order valence-electron chi connectivity index (χ4n) is 2.92. The Bertz CT molecular complexity index is 884. The van der Waals surface area contributed by atoms with E-state index in [4.69, 9.17) is 0 Å². The van der Waals surface area contributed by atoms with Gasteiger partial charge in [-0.15, -0.1) is 13.2 Å². The number of aryl methyl sites for hydroxylation is 2. The number of aromatic nitrogens is 4. The third-order valence-corrected chi connectivity index (χ3v) is 4.33. The van der Waals surface area contributed by atoms with Crippen molar-refractivity contribution in [2.24, 2.45) is 7.05 Å². The van der Waals surface area contributed by atoms with Crippen LogP contribution in [0.1, 0.15) is 24.4 Å². The first-order chi connectivity index (χ1) is 12.3. The van der Waals surface area contributed by atoms with Crippen molar-refractivity contribution in [2.45, 2.75) is 26.8 Å². The minimum absolute atomic E-state index is 0.212. The molecule has 0 saturated carbocycles. The first-order valence-electron chi connectivity index (χ1n) is 8.42. The highest BCUT2D eigenvalue weighted by molar-refractivity contribution is 5.80. The Labute approximate surface area is 153 Å².